The largest absolute Gasteiger partial charge is 0.305 e. The quantitative estimate of drug-likeness (QED) is 0.489. The predicted molar refractivity (Wildman–Crippen MR) is 109 cm³/mol. The molecule has 7 nitrogen and oxygen atoms in total. The van der Waals surface area contributed by atoms with E-state index < -0.39 is 5.91 Å². The highest BCUT2D eigenvalue weighted by Crippen LogP contribution is 2.28. The van der Waals surface area contributed by atoms with Crippen molar-refractivity contribution in [2.24, 2.45) is 0 Å². The molecule has 0 radical (unpaired) electrons. The lowest BCUT2D eigenvalue weighted by atomic mass is 10.3. The van der Waals surface area contributed by atoms with Crippen molar-refractivity contribution < 1.29 is 9.18 Å². The second-order valence-corrected chi connectivity index (χ2v) is 7.40. The summed E-state index contributed by atoms with van der Waals surface area (Å²) in [7, 11) is 0. The molecule has 0 aliphatic rings. The molecule has 0 bridgehead atoms. The van der Waals surface area contributed by atoms with Gasteiger partial charge in [0.25, 0.3) is 5.91 Å². The first-order valence-corrected chi connectivity index (χ1v) is 9.55. The lowest BCUT2D eigenvalue weighted by molar-refractivity contribution is 0.102. The molecule has 0 aliphatic carbocycles. The maximum absolute atomic E-state index is 13.5. The standard InChI is InChI=1S/C20H13FN6OS/c1-11-8-18(25-19(28)16-10-22-13-4-2-3-5-14(13)23-16)27(26-11)20-24-15-7-6-12(21)9-17(15)29-20/h2-10H,1H3,(H,25,28). The van der Waals surface area contributed by atoms with Crippen molar-refractivity contribution in [3.63, 3.8) is 0 Å². The minimum absolute atomic E-state index is 0.195. The molecule has 5 aromatic rings. The number of hydrogen-bond donors (Lipinski definition) is 1. The minimum atomic E-state index is -0.406. The van der Waals surface area contributed by atoms with Crippen LogP contribution < -0.4 is 5.32 Å². The van der Waals surface area contributed by atoms with E-state index in [0.717, 1.165) is 0 Å². The molecule has 9 heteroatoms. The summed E-state index contributed by atoms with van der Waals surface area (Å²) in [6.45, 7) is 1.81. The van der Waals surface area contributed by atoms with Gasteiger partial charge in [-0.15, -0.1) is 0 Å². The fraction of sp³-hybridized carbons (Fsp3) is 0.0500. The van der Waals surface area contributed by atoms with E-state index in [9.17, 15) is 9.18 Å². The highest BCUT2D eigenvalue weighted by atomic mass is 32.1. The molecule has 0 spiro atoms. The Bertz CT molecular complexity index is 1390. The lowest BCUT2D eigenvalue weighted by Gasteiger charge is -2.06. The van der Waals surface area contributed by atoms with Crippen LogP contribution >= 0.6 is 11.3 Å². The zero-order chi connectivity index (χ0) is 20.0. The Morgan fingerprint density at radius 3 is 2.76 bits per heavy atom. The second kappa shape index (κ2) is 6.71. The number of thiazole rings is 1. The number of amides is 1. The fourth-order valence-corrected chi connectivity index (χ4v) is 3.91. The SMILES string of the molecule is Cc1cc(NC(=O)c2cnc3ccccc3n2)n(-c2nc3ccc(F)cc3s2)n1. The molecular weight excluding hydrogens is 391 g/mol. The summed E-state index contributed by atoms with van der Waals surface area (Å²) in [5, 5.41) is 7.76. The van der Waals surface area contributed by atoms with E-state index in [1.165, 1.54) is 34.3 Å². The van der Waals surface area contributed by atoms with Gasteiger partial charge < -0.3 is 5.32 Å². The number of halogens is 1. The van der Waals surface area contributed by atoms with Gasteiger partial charge in [-0.2, -0.15) is 9.78 Å². The van der Waals surface area contributed by atoms with Crippen molar-refractivity contribution in [3.05, 3.63) is 71.9 Å². The summed E-state index contributed by atoms with van der Waals surface area (Å²) in [5.41, 5.74) is 2.91. The zero-order valence-electron chi connectivity index (χ0n) is 15.1. The summed E-state index contributed by atoms with van der Waals surface area (Å²) in [4.78, 5) is 25.9. The van der Waals surface area contributed by atoms with Crippen molar-refractivity contribution in [3.8, 4) is 5.13 Å². The Kier molecular flexibility index (Phi) is 4.02. The maximum Gasteiger partial charge on any atom is 0.277 e. The Morgan fingerprint density at radius 2 is 1.90 bits per heavy atom. The van der Waals surface area contributed by atoms with E-state index in [0.29, 0.717) is 37.9 Å². The molecule has 142 valence electrons. The monoisotopic (exact) mass is 404 g/mol. The van der Waals surface area contributed by atoms with Crippen molar-refractivity contribution in [1.82, 2.24) is 24.7 Å². The van der Waals surface area contributed by atoms with E-state index in [1.54, 1.807) is 18.2 Å². The van der Waals surface area contributed by atoms with Crippen LogP contribution in [0.3, 0.4) is 0 Å². The molecule has 1 N–H and O–H groups in total. The van der Waals surface area contributed by atoms with Crippen molar-refractivity contribution >= 4 is 44.3 Å². The number of rotatable bonds is 3. The normalized spacial score (nSPS) is 11.2. The Labute approximate surface area is 167 Å². The van der Waals surface area contributed by atoms with Crippen LogP contribution in [0, 0.1) is 12.7 Å². The highest BCUT2D eigenvalue weighted by molar-refractivity contribution is 7.20. The molecule has 5 rings (SSSR count). The van der Waals surface area contributed by atoms with Gasteiger partial charge in [-0.3, -0.25) is 9.78 Å². The van der Waals surface area contributed by atoms with Crippen LogP contribution in [0.2, 0.25) is 0 Å². The van der Waals surface area contributed by atoms with E-state index in [1.807, 2.05) is 25.1 Å². The van der Waals surface area contributed by atoms with Crippen LogP contribution in [0.25, 0.3) is 26.4 Å². The molecule has 29 heavy (non-hydrogen) atoms. The molecule has 0 atom stereocenters. The molecule has 0 aliphatic heterocycles. The van der Waals surface area contributed by atoms with Gasteiger partial charge in [-0.25, -0.2) is 14.4 Å². The van der Waals surface area contributed by atoms with Crippen LogP contribution in [-0.4, -0.2) is 30.6 Å². The third kappa shape index (κ3) is 3.21. The molecular formula is C20H13FN6OS. The van der Waals surface area contributed by atoms with Crippen molar-refractivity contribution in [2.75, 3.05) is 5.32 Å². The topological polar surface area (TPSA) is 85.6 Å². The second-order valence-electron chi connectivity index (χ2n) is 6.39. The molecule has 0 unspecified atom stereocenters. The van der Waals surface area contributed by atoms with Crippen LogP contribution in [0.1, 0.15) is 16.2 Å². The summed E-state index contributed by atoms with van der Waals surface area (Å²) >= 11 is 1.29. The van der Waals surface area contributed by atoms with Crippen molar-refractivity contribution in [1.29, 1.82) is 0 Å². The number of carbonyl (C=O) groups excluding carboxylic acids is 1. The number of hydrogen-bond acceptors (Lipinski definition) is 6. The minimum Gasteiger partial charge on any atom is -0.305 e. The van der Waals surface area contributed by atoms with E-state index >= 15 is 0 Å². The molecule has 0 saturated heterocycles. The van der Waals surface area contributed by atoms with E-state index in [2.05, 4.69) is 25.4 Å². The number of fused-ring (bicyclic) bond motifs is 2. The maximum atomic E-state index is 13.5. The van der Waals surface area contributed by atoms with Gasteiger partial charge in [0.1, 0.15) is 17.3 Å². The molecule has 0 fully saturated rings. The third-order valence-electron chi connectivity index (χ3n) is 4.27. The molecule has 1 amide bonds. The molecule has 2 aromatic carbocycles. The van der Waals surface area contributed by atoms with Gasteiger partial charge >= 0.3 is 0 Å². The highest BCUT2D eigenvalue weighted by Gasteiger charge is 2.17. The number of benzene rings is 2. The number of anilines is 1. The molecule has 0 saturated carbocycles. The smallest absolute Gasteiger partial charge is 0.277 e. The number of carbonyl (C=O) groups is 1. The number of aryl methyl sites for hydroxylation is 1. The van der Waals surface area contributed by atoms with Gasteiger partial charge in [0, 0.05) is 6.07 Å². The van der Waals surface area contributed by atoms with Crippen LogP contribution in [0.4, 0.5) is 10.2 Å². The van der Waals surface area contributed by atoms with Crippen LogP contribution in [0.5, 0.6) is 0 Å². The van der Waals surface area contributed by atoms with Gasteiger partial charge in [-0.1, -0.05) is 23.5 Å². The van der Waals surface area contributed by atoms with Gasteiger partial charge in [-0.05, 0) is 37.3 Å². The predicted octanol–water partition coefficient (Wildman–Crippen LogP) is 4.13. The average molecular weight is 404 g/mol. The summed E-state index contributed by atoms with van der Waals surface area (Å²) in [5.74, 6) is -0.286. The number of nitrogens with zero attached hydrogens (tertiary/aromatic N) is 5. The molecule has 3 aromatic heterocycles. The van der Waals surface area contributed by atoms with Crippen LogP contribution in [0.15, 0.2) is 54.7 Å². The first kappa shape index (κ1) is 17.4. The van der Waals surface area contributed by atoms with E-state index in [4.69, 9.17) is 0 Å². The number of nitrogens with one attached hydrogen (secondary N) is 1. The summed E-state index contributed by atoms with van der Waals surface area (Å²) in [6.07, 6.45) is 1.44. The first-order valence-electron chi connectivity index (χ1n) is 8.73. The Morgan fingerprint density at radius 1 is 1.07 bits per heavy atom. The zero-order valence-corrected chi connectivity index (χ0v) is 15.9. The lowest BCUT2D eigenvalue weighted by Crippen LogP contribution is -2.16. The van der Waals surface area contributed by atoms with Gasteiger partial charge in [0.05, 0.1) is 33.1 Å². The van der Waals surface area contributed by atoms with Gasteiger partial charge in [0.2, 0.25) is 5.13 Å². The number of para-hydroxylation sites is 2. The summed E-state index contributed by atoms with van der Waals surface area (Å²) < 4.78 is 15.7. The Balaban J connectivity index is 1.50. The van der Waals surface area contributed by atoms with E-state index in [-0.39, 0.29) is 11.5 Å². The first-order chi connectivity index (χ1) is 14.1. The average Bonchev–Trinajstić information content (AvgIpc) is 3.30. The third-order valence-corrected chi connectivity index (χ3v) is 5.27. The number of aromatic nitrogens is 5. The molecule has 3 heterocycles. The van der Waals surface area contributed by atoms with Crippen LogP contribution in [-0.2, 0) is 0 Å². The summed E-state index contributed by atoms with van der Waals surface area (Å²) in [6, 6.07) is 13.5. The fourth-order valence-electron chi connectivity index (χ4n) is 2.96. The van der Waals surface area contributed by atoms with Crippen molar-refractivity contribution in [2.45, 2.75) is 6.92 Å². The Hall–Kier alpha value is -3.72. The van der Waals surface area contributed by atoms with Gasteiger partial charge in [0.15, 0.2) is 0 Å².